The van der Waals surface area contributed by atoms with Crippen molar-refractivity contribution in [1.82, 2.24) is 5.32 Å². The highest BCUT2D eigenvalue weighted by atomic mass is 16.5. The Hall–Kier alpha value is -1.64. The molecule has 1 unspecified atom stereocenters. The Labute approximate surface area is 127 Å². The van der Waals surface area contributed by atoms with E-state index in [2.05, 4.69) is 60.8 Å². The average molecular weight is 281 g/mol. The fourth-order valence-electron chi connectivity index (χ4n) is 2.54. The lowest BCUT2D eigenvalue weighted by molar-refractivity contribution is 0.0392. The van der Waals surface area contributed by atoms with Gasteiger partial charge >= 0.3 is 0 Å². The third-order valence-corrected chi connectivity index (χ3v) is 4.00. The fraction of sp³-hybridized carbons (Fsp3) is 0.368. The minimum Gasteiger partial charge on any atom is -0.368 e. The van der Waals surface area contributed by atoms with Crippen LogP contribution in [0.2, 0.25) is 0 Å². The van der Waals surface area contributed by atoms with E-state index in [1.807, 2.05) is 6.07 Å². The molecule has 0 aliphatic heterocycles. The second-order valence-corrected chi connectivity index (χ2v) is 5.82. The van der Waals surface area contributed by atoms with E-state index >= 15 is 0 Å². The number of nitrogens with one attached hydrogen (secondary N) is 1. The number of hydrogen-bond donors (Lipinski definition) is 1. The van der Waals surface area contributed by atoms with Crippen LogP contribution in [0.5, 0.6) is 0 Å². The quantitative estimate of drug-likeness (QED) is 0.828. The molecule has 2 aromatic carbocycles. The summed E-state index contributed by atoms with van der Waals surface area (Å²) in [5, 5.41) is 3.59. The standard InChI is InChI=1S/C19H23NO/c1-15-7-5-6-10-18(15)19(13-20-17-11-12-17)21-14-16-8-3-2-4-9-16/h2-10,17,19-20H,11-14H2,1H3. The molecule has 21 heavy (non-hydrogen) atoms. The van der Waals surface area contributed by atoms with Gasteiger partial charge in [-0.15, -0.1) is 0 Å². The van der Waals surface area contributed by atoms with Crippen LogP contribution in [0.1, 0.15) is 35.6 Å². The summed E-state index contributed by atoms with van der Waals surface area (Å²) in [6, 6.07) is 19.6. The first-order chi connectivity index (χ1) is 10.3. The van der Waals surface area contributed by atoms with Gasteiger partial charge in [0, 0.05) is 12.6 Å². The van der Waals surface area contributed by atoms with Crippen LogP contribution in [0.3, 0.4) is 0 Å². The summed E-state index contributed by atoms with van der Waals surface area (Å²) in [5.74, 6) is 0. The number of benzene rings is 2. The molecule has 0 heterocycles. The lowest BCUT2D eigenvalue weighted by Gasteiger charge is -2.21. The molecule has 1 saturated carbocycles. The minimum atomic E-state index is 0.118. The molecule has 0 saturated heterocycles. The summed E-state index contributed by atoms with van der Waals surface area (Å²) in [7, 11) is 0. The van der Waals surface area contributed by atoms with Crippen LogP contribution in [0.15, 0.2) is 54.6 Å². The molecule has 0 aromatic heterocycles. The van der Waals surface area contributed by atoms with Gasteiger partial charge in [0.15, 0.2) is 0 Å². The first-order valence-electron chi connectivity index (χ1n) is 7.77. The van der Waals surface area contributed by atoms with Crippen molar-refractivity contribution >= 4 is 0 Å². The molecule has 3 rings (SSSR count). The third kappa shape index (κ3) is 4.16. The van der Waals surface area contributed by atoms with Crippen molar-refractivity contribution < 1.29 is 4.74 Å². The van der Waals surface area contributed by atoms with E-state index in [1.54, 1.807) is 0 Å². The monoisotopic (exact) mass is 281 g/mol. The summed E-state index contributed by atoms with van der Waals surface area (Å²) < 4.78 is 6.21. The highest BCUT2D eigenvalue weighted by Gasteiger charge is 2.23. The molecule has 1 N–H and O–H groups in total. The molecule has 2 nitrogen and oxygen atoms in total. The Bertz CT molecular complexity index is 563. The fourth-order valence-corrected chi connectivity index (χ4v) is 2.54. The van der Waals surface area contributed by atoms with Crippen molar-refractivity contribution in [1.29, 1.82) is 0 Å². The van der Waals surface area contributed by atoms with E-state index in [1.165, 1.54) is 29.5 Å². The Morgan fingerprint density at radius 3 is 2.48 bits per heavy atom. The second kappa shape index (κ2) is 6.88. The van der Waals surface area contributed by atoms with Crippen molar-refractivity contribution in [2.75, 3.05) is 6.54 Å². The molecule has 1 atom stereocenters. The van der Waals surface area contributed by atoms with Gasteiger partial charge in [0.1, 0.15) is 0 Å². The summed E-state index contributed by atoms with van der Waals surface area (Å²) in [6.07, 6.45) is 2.73. The zero-order valence-electron chi connectivity index (χ0n) is 12.6. The predicted molar refractivity (Wildman–Crippen MR) is 86.2 cm³/mol. The van der Waals surface area contributed by atoms with Crippen LogP contribution in [0.4, 0.5) is 0 Å². The zero-order chi connectivity index (χ0) is 14.5. The summed E-state index contributed by atoms with van der Waals surface area (Å²) in [4.78, 5) is 0. The maximum absolute atomic E-state index is 6.21. The smallest absolute Gasteiger partial charge is 0.0956 e. The molecule has 2 heteroatoms. The van der Waals surface area contributed by atoms with Crippen LogP contribution in [0.25, 0.3) is 0 Å². The van der Waals surface area contributed by atoms with Crippen LogP contribution >= 0.6 is 0 Å². The number of aryl methyl sites for hydroxylation is 1. The minimum absolute atomic E-state index is 0.118. The molecule has 2 aromatic rings. The molecule has 0 spiro atoms. The highest BCUT2D eigenvalue weighted by Crippen LogP contribution is 2.25. The van der Waals surface area contributed by atoms with E-state index < -0.39 is 0 Å². The van der Waals surface area contributed by atoms with Gasteiger partial charge < -0.3 is 10.1 Å². The maximum Gasteiger partial charge on any atom is 0.0956 e. The number of ether oxygens (including phenoxy) is 1. The SMILES string of the molecule is Cc1ccccc1C(CNC1CC1)OCc1ccccc1. The van der Waals surface area contributed by atoms with Gasteiger partial charge in [-0.2, -0.15) is 0 Å². The largest absolute Gasteiger partial charge is 0.368 e. The molecule has 0 amide bonds. The van der Waals surface area contributed by atoms with E-state index in [0.29, 0.717) is 12.6 Å². The molecule has 0 bridgehead atoms. The Balaban J connectivity index is 1.67. The van der Waals surface area contributed by atoms with Gasteiger partial charge in [-0.25, -0.2) is 0 Å². The first kappa shape index (κ1) is 14.3. The van der Waals surface area contributed by atoms with E-state index in [0.717, 1.165) is 6.54 Å². The van der Waals surface area contributed by atoms with E-state index in [-0.39, 0.29) is 6.10 Å². The van der Waals surface area contributed by atoms with Crippen LogP contribution < -0.4 is 5.32 Å². The second-order valence-electron chi connectivity index (χ2n) is 5.82. The summed E-state index contributed by atoms with van der Waals surface area (Å²) in [5.41, 5.74) is 3.82. The van der Waals surface area contributed by atoms with Crippen molar-refractivity contribution in [3.8, 4) is 0 Å². The van der Waals surface area contributed by atoms with Crippen molar-refractivity contribution in [2.45, 2.75) is 38.5 Å². The van der Waals surface area contributed by atoms with Crippen molar-refractivity contribution in [3.63, 3.8) is 0 Å². The normalized spacial score (nSPS) is 15.9. The maximum atomic E-state index is 6.21. The Kier molecular flexibility index (Phi) is 4.69. The summed E-state index contributed by atoms with van der Waals surface area (Å²) in [6.45, 7) is 3.71. The topological polar surface area (TPSA) is 21.3 Å². The van der Waals surface area contributed by atoms with E-state index in [9.17, 15) is 0 Å². The number of hydrogen-bond acceptors (Lipinski definition) is 2. The Morgan fingerprint density at radius 1 is 1.05 bits per heavy atom. The van der Waals surface area contributed by atoms with Gasteiger partial charge in [0.2, 0.25) is 0 Å². The molecule has 110 valence electrons. The van der Waals surface area contributed by atoms with Gasteiger partial charge in [-0.3, -0.25) is 0 Å². The van der Waals surface area contributed by atoms with Crippen LogP contribution in [-0.2, 0) is 11.3 Å². The molecular weight excluding hydrogens is 258 g/mol. The van der Waals surface area contributed by atoms with Crippen LogP contribution in [0, 0.1) is 6.92 Å². The molecule has 0 radical (unpaired) electrons. The predicted octanol–water partition coefficient (Wildman–Crippen LogP) is 4.00. The van der Waals surface area contributed by atoms with Crippen LogP contribution in [-0.4, -0.2) is 12.6 Å². The molecular formula is C19H23NO. The first-order valence-corrected chi connectivity index (χ1v) is 7.77. The van der Waals surface area contributed by atoms with Gasteiger partial charge in [0.05, 0.1) is 12.7 Å². The number of rotatable bonds is 7. The third-order valence-electron chi connectivity index (χ3n) is 4.00. The van der Waals surface area contributed by atoms with Gasteiger partial charge in [0.25, 0.3) is 0 Å². The lowest BCUT2D eigenvalue weighted by Crippen LogP contribution is -2.25. The Morgan fingerprint density at radius 2 is 1.76 bits per heavy atom. The average Bonchev–Trinajstić information content (AvgIpc) is 3.34. The summed E-state index contributed by atoms with van der Waals surface area (Å²) >= 11 is 0. The van der Waals surface area contributed by atoms with Crippen molar-refractivity contribution in [3.05, 3.63) is 71.3 Å². The van der Waals surface area contributed by atoms with E-state index in [4.69, 9.17) is 4.74 Å². The van der Waals surface area contributed by atoms with Crippen molar-refractivity contribution in [2.24, 2.45) is 0 Å². The van der Waals surface area contributed by atoms with Gasteiger partial charge in [-0.05, 0) is 36.5 Å². The highest BCUT2D eigenvalue weighted by molar-refractivity contribution is 5.28. The van der Waals surface area contributed by atoms with Gasteiger partial charge in [-0.1, -0.05) is 54.6 Å². The molecule has 1 fully saturated rings. The molecule has 1 aliphatic rings. The lowest BCUT2D eigenvalue weighted by atomic mass is 10.0. The molecule has 1 aliphatic carbocycles. The zero-order valence-corrected chi connectivity index (χ0v) is 12.6.